The minimum absolute atomic E-state index is 0.119. The number of carbonyl (C=O) groups excluding carboxylic acids is 1. The minimum atomic E-state index is -1.21. The summed E-state index contributed by atoms with van der Waals surface area (Å²) < 4.78 is 5.03. The molecule has 1 amide bonds. The van der Waals surface area contributed by atoms with Gasteiger partial charge >= 0.3 is 5.97 Å². The van der Waals surface area contributed by atoms with Crippen LogP contribution in [0.1, 0.15) is 15.9 Å². The van der Waals surface area contributed by atoms with Crippen molar-refractivity contribution in [3.05, 3.63) is 58.3 Å². The fourth-order valence-corrected chi connectivity index (χ4v) is 2.76. The molecule has 0 spiro atoms. The maximum Gasteiger partial charge on any atom is 0.343 e. The molecule has 0 aliphatic carbocycles. The van der Waals surface area contributed by atoms with Crippen LogP contribution >= 0.6 is 11.3 Å². The molecule has 23 heavy (non-hydrogen) atoms. The molecule has 2 aromatic heterocycles. The molecule has 0 aliphatic rings. The van der Waals surface area contributed by atoms with Gasteiger partial charge in [-0.05, 0) is 17.0 Å². The number of carboxylic acid groups (broad SMARTS) is 1. The van der Waals surface area contributed by atoms with Crippen molar-refractivity contribution in [3.8, 4) is 11.3 Å². The number of nitrogens with one attached hydrogen (secondary N) is 1. The Bertz CT molecular complexity index is 825. The standard InChI is InChI=1S/C16H12N2O4S/c19-12(8-10-4-2-1-3-5-10)17-15-13(16(20)21)14(18-22-15)11-6-7-23-9-11/h1-7,9H,8H2,(H,17,19)(H,20,21). The van der Waals surface area contributed by atoms with E-state index in [0.717, 1.165) is 5.56 Å². The number of hydrogen-bond acceptors (Lipinski definition) is 5. The number of amides is 1. The molecule has 7 heteroatoms. The van der Waals surface area contributed by atoms with Gasteiger partial charge in [0.1, 0.15) is 5.69 Å². The zero-order valence-corrected chi connectivity index (χ0v) is 12.7. The van der Waals surface area contributed by atoms with Crippen LogP contribution in [0.2, 0.25) is 0 Å². The van der Waals surface area contributed by atoms with E-state index in [1.54, 1.807) is 11.4 Å². The lowest BCUT2D eigenvalue weighted by atomic mass is 10.1. The van der Waals surface area contributed by atoms with Gasteiger partial charge in [0.2, 0.25) is 11.8 Å². The van der Waals surface area contributed by atoms with Crippen molar-refractivity contribution in [2.75, 3.05) is 5.32 Å². The number of aromatic carboxylic acids is 1. The van der Waals surface area contributed by atoms with E-state index < -0.39 is 5.97 Å². The van der Waals surface area contributed by atoms with Crippen LogP contribution in [0.5, 0.6) is 0 Å². The SMILES string of the molecule is O=C(Cc1ccccc1)Nc1onc(-c2ccsc2)c1C(=O)O. The molecule has 0 radical (unpaired) electrons. The van der Waals surface area contributed by atoms with Crippen LogP contribution in [0, 0.1) is 0 Å². The van der Waals surface area contributed by atoms with Crippen LogP contribution in [-0.4, -0.2) is 22.1 Å². The number of carboxylic acids is 1. The predicted molar refractivity (Wildman–Crippen MR) is 85.6 cm³/mol. The van der Waals surface area contributed by atoms with E-state index in [1.807, 2.05) is 35.7 Å². The van der Waals surface area contributed by atoms with Gasteiger partial charge in [-0.15, -0.1) is 0 Å². The Labute approximate surface area is 135 Å². The number of anilines is 1. The predicted octanol–water partition coefficient (Wildman–Crippen LogP) is 3.28. The third-order valence-electron chi connectivity index (χ3n) is 3.16. The smallest absolute Gasteiger partial charge is 0.343 e. The third-order valence-corrected chi connectivity index (χ3v) is 3.84. The van der Waals surface area contributed by atoms with Crippen LogP contribution in [-0.2, 0) is 11.2 Å². The highest BCUT2D eigenvalue weighted by molar-refractivity contribution is 7.08. The van der Waals surface area contributed by atoms with Gasteiger partial charge in [0, 0.05) is 10.9 Å². The molecular weight excluding hydrogens is 316 g/mol. The third kappa shape index (κ3) is 3.29. The van der Waals surface area contributed by atoms with E-state index in [1.165, 1.54) is 11.3 Å². The molecule has 3 rings (SSSR count). The average molecular weight is 328 g/mol. The summed E-state index contributed by atoms with van der Waals surface area (Å²) in [5, 5.41) is 19.2. The van der Waals surface area contributed by atoms with Crippen molar-refractivity contribution in [2.24, 2.45) is 0 Å². The highest BCUT2D eigenvalue weighted by atomic mass is 32.1. The molecule has 0 bridgehead atoms. The average Bonchev–Trinajstić information content (AvgIpc) is 3.16. The Morgan fingerprint density at radius 2 is 2.00 bits per heavy atom. The topological polar surface area (TPSA) is 92.4 Å². The number of aromatic nitrogens is 1. The molecule has 116 valence electrons. The molecule has 0 saturated heterocycles. The van der Waals surface area contributed by atoms with Gasteiger partial charge in [0.15, 0.2) is 5.56 Å². The van der Waals surface area contributed by atoms with E-state index in [4.69, 9.17) is 4.52 Å². The van der Waals surface area contributed by atoms with E-state index in [9.17, 15) is 14.7 Å². The highest BCUT2D eigenvalue weighted by Crippen LogP contribution is 2.30. The van der Waals surface area contributed by atoms with Gasteiger partial charge in [0.05, 0.1) is 6.42 Å². The monoisotopic (exact) mass is 328 g/mol. The second kappa shape index (κ2) is 6.45. The van der Waals surface area contributed by atoms with Crippen LogP contribution < -0.4 is 5.32 Å². The second-order valence-electron chi connectivity index (χ2n) is 4.76. The lowest BCUT2D eigenvalue weighted by Crippen LogP contribution is -2.16. The number of hydrogen-bond donors (Lipinski definition) is 2. The van der Waals surface area contributed by atoms with Gasteiger partial charge in [-0.25, -0.2) is 4.79 Å². The molecule has 0 unspecified atom stereocenters. The Kier molecular flexibility index (Phi) is 4.20. The van der Waals surface area contributed by atoms with Crippen molar-refractivity contribution < 1.29 is 19.2 Å². The summed E-state index contributed by atoms with van der Waals surface area (Å²) in [5.41, 5.74) is 1.51. The Hall–Kier alpha value is -2.93. The molecule has 0 aliphatic heterocycles. The molecule has 0 fully saturated rings. The molecule has 2 heterocycles. The van der Waals surface area contributed by atoms with Gasteiger partial charge in [-0.3, -0.25) is 10.1 Å². The summed E-state index contributed by atoms with van der Waals surface area (Å²) in [7, 11) is 0. The largest absolute Gasteiger partial charge is 0.477 e. The van der Waals surface area contributed by atoms with Crippen LogP contribution in [0.15, 0.2) is 51.7 Å². The number of carbonyl (C=O) groups is 2. The first-order valence-electron chi connectivity index (χ1n) is 6.74. The fourth-order valence-electron chi connectivity index (χ4n) is 2.12. The Morgan fingerprint density at radius 1 is 1.22 bits per heavy atom. The van der Waals surface area contributed by atoms with Crippen molar-refractivity contribution in [3.63, 3.8) is 0 Å². The Morgan fingerprint density at radius 3 is 2.65 bits per heavy atom. The summed E-state index contributed by atoms with van der Waals surface area (Å²) in [5.74, 6) is -1.73. The first-order chi connectivity index (χ1) is 11.1. The first-order valence-corrected chi connectivity index (χ1v) is 7.68. The van der Waals surface area contributed by atoms with Crippen molar-refractivity contribution in [1.29, 1.82) is 0 Å². The minimum Gasteiger partial charge on any atom is -0.477 e. The highest BCUT2D eigenvalue weighted by Gasteiger charge is 2.25. The van der Waals surface area contributed by atoms with Crippen molar-refractivity contribution >= 4 is 29.1 Å². The molecule has 0 atom stereocenters. The van der Waals surface area contributed by atoms with Crippen molar-refractivity contribution in [2.45, 2.75) is 6.42 Å². The number of thiophene rings is 1. The van der Waals surface area contributed by atoms with Gasteiger partial charge in [-0.2, -0.15) is 11.3 Å². The summed E-state index contributed by atoms with van der Waals surface area (Å²) in [6.07, 6.45) is 0.119. The lowest BCUT2D eigenvalue weighted by Gasteiger charge is -2.03. The normalized spacial score (nSPS) is 10.4. The molecule has 1 aromatic carbocycles. The lowest BCUT2D eigenvalue weighted by molar-refractivity contribution is -0.115. The van der Waals surface area contributed by atoms with E-state index in [0.29, 0.717) is 5.56 Å². The summed E-state index contributed by atoms with van der Waals surface area (Å²) >= 11 is 1.42. The van der Waals surface area contributed by atoms with Gasteiger partial charge in [0.25, 0.3) is 0 Å². The Balaban J connectivity index is 1.83. The summed E-state index contributed by atoms with van der Waals surface area (Å²) in [6, 6.07) is 10.9. The molecular formula is C16H12N2O4S. The first kappa shape index (κ1) is 15.0. The maximum atomic E-state index is 12.1. The fraction of sp³-hybridized carbons (Fsp3) is 0.0625. The van der Waals surface area contributed by atoms with E-state index >= 15 is 0 Å². The van der Waals surface area contributed by atoms with Crippen LogP contribution in [0.4, 0.5) is 5.88 Å². The number of rotatable bonds is 5. The second-order valence-corrected chi connectivity index (χ2v) is 5.54. The van der Waals surface area contributed by atoms with Crippen LogP contribution in [0.3, 0.4) is 0 Å². The summed E-state index contributed by atoms with van der Waals surface area (Å²) in [6.45, 7) is 0. The zero-order valence-electron chi connectivity index (χ0n) is 11.9. The number of nitrogens with zero attached hydrogens (tertiary/aromatic N) is 1. The molecule has 2 N–H and O–H groups in total. The quantitative estimate of drug-likeness (QED) is 0.750. The zero-order chi connectivity index (χ0) is 16.2. The summed E-state index contributed by atoms with van der Waals surface area (Å²) in [4.78, 5) is 23.6. The molecule has 6 nitrogen and oxygen atoms in total. The molecule has 0 saturated carbocycles. The number of benzene rings is 1. The molecule has 3 aromatic rings. The maximum absolute atomic E-state index is 12.1. The van der Waals surface area contributed by atoms with E-state index in [2.05, 4.69) is 10.5 Å². The van der Waals surface area contributed by atoms with Gasteiger partial charge < -0.3 is 9.63 Å². The van der Waals surface area contributed by atoms with Crippen LogP contribution in [0.25, 0.3) is 11.3 Å². The van der Waals surface area contributed by atoms with Gasteiger partial charge in [-0.1, -0.05) is 35.5 Å². The van der Waals surface area contributed by atoms with E-state index in [-0.39, 0.29) is 29.5 Å². The van der Waals surface area contributed by atoms with Crippen molar-refractivity contribution in [1.82, 2.24) is 5.16 Å².